The first-order chi connectivity index (χ1) is 7.60. The van der Waals surface area contributed by atoms with Crippen LogP contribution in [0.25, 0.3) is 0 Å². The zero-order valence-corrected chi connectivity index (χ0v) is 11.0. The third kappa shape index (κ3) is 3.02. The first-order valence-corrected chi connectivity index (χ1v) is 6.03. The summed E-state index contributed by atoms with van der Waals surface area (Å²) in [5, 5.41) is 10.8. The Balaban J connectivity index is 2.97. The van der Waals surface area contributed by atoms with E-state index in [9.17, 15) is 10.1 Å². The van der Waals surface area contributed by atoms with E-state index in [0.717, 1.165) is 25.2 Å². The highest BCUT2D eigenvalue weighted by Crippen LogP contribution is 2.28. The van der Waals surface area contributed by atoms with Crippen LogP contribution in [0.15, 0.2) is 22.7 Å². The van der Waals surface area contributed by atoms with Crippen LogP contribution in [-0.2, 0) is 6.54 Å². The molecule has 0 unspecified atom stereocenters. The van der Waals surface area contributed by atoms with Gasteiger partial charge in [0, 0.05) is 12.6 Å². The molecule has 0 spiro atoms. The number of benzene rings is 1. The van der Waals surface area contributed by atoms with E-state index in [4.69, 9.17) is 0 Å². The molecule has 0 aliphatic carbocycles. The van der Waals surface area contributed by atoms with Crippen LogP contribution in [0.2, 0.25) is 0 Å². The molecule has 0 radical (unpaired) electrons. The maximum absolute atomic E-state index is 10.8. The third-order valence-electron chi connectivity index (χ3n) is 2.54. The lowest BCUT2D eigenvalue weighted by Crippen LogP contribution is -2.22. The smallest absolute Gasteiger partial charge is 0.283 e. The van der Waals surface area contributed by atoms with E-state index in [1.54, 1.807) is 6.07 Å². The van der Waals surface area contributed by atoms with Crippen molar-refractivity contribution >= 4 is 21.6 Å². The Bertz CT molecular complexity index is 378. The monoisotopic (exact) mass is 286 g/mol. The second-order valence-corrected chi connectivity index (χ2v) is 4.26. The van der Waals surface area contributed by atoms with Crippen molar-refractivity contribution in [3.63, 3.8) is 0 Å². The molecule has 1 rings (SSSR count). The van der Waals surface area contributed by atoms with Crippen LogP contribution >= 0.6 is 15.9 Å². The molecule has 88 valence electrons. The first-order valence-electron chi connectivity index (χ1n) is 5.24. The van der Waals surface area contributed by atoms with Crippen molar-refractivity contribution in [1.82, 2.24) is 4.90 Å². The van der Waals surface area contributed by atoms with Gasteiger partial charge in [-0.05, 0) is 34.6 Å². The molecule has 0 atom stereocenters. The van der Waals surface area contributed by atoms with Gasteiger partial charge in [0.25, 0.3) is 5.69 Å². The van der Waals surface area contributed by atoms with Crippen LogP contribution in [0, 0.1) is 10.1 Å². The molecule has 0 aliphatic heterocycles. The third-order valence-corrected chi connectivity index (χ3v) is 3.46. The average Bonchev–Trinajstić information content (AvgIpc) is 2.27. The number of nitro benzene ring substituents is 1. The van der Waals surface area contributed by atoms with Gasteiger partial charge >= 0.3 is 0 Å². The molecule has 4 nitrogen and oxygen atoms in total. The summed E-state index contributed by atoms with van der Waals surface area (Å²) in [4.78, 5) is 12.6. The average molecular weight is 287 g/mol. The second-order valence-electron chi connectivity index (χ2n) is 3.47. The fraction of sp³-hybridized carbons (Fsp3) is 0.455. The maximum atomic E-state index is 10.8. The quantitative estimate of drug-likeness (QED) is 0.617. The molecular formula is C11H15BrN2O2. The van der Waals surface area contributed by atoms with Crippen LogP contribution < -0.4 is 0 Å². The van der Waals surface area contributed by atoms with Crippen LogP contribution in [0.1, 0.15) is 19.4 Å². The molecule has 0 saturated heterocycles. The summed E-state index contributed by atoms with van der Waals surface area (Å²) >= 11 is 3.30. The molecule has 16 heavy (non-hydrogen) atoms. The summed E-state index contributed by atoms with van der Waals surface area (Å²) < 4.78 is 0.590. The Morgan fingerprint density at radius 1 is 1.38 bits per heavy atom. The topological polar surface area (TPSA) is 46.4 Å². The maximum Gasteiger partial charge on any atom is 0.283 e. The number of halogens is 1. The SMILES string of the molecule is CCN(CC)Cc1cccc([N+](=O)[O-])c1Br. The summed E-state index contributed by atoms with van der Waals surface area (Å²) in [5.41, 5.74) is 1.09. The zero-order valence-electron chi connectivity index (χ0n) is 9.44. The lowest BCUT2D eigenvalue weighted by atomic mass is 10.2. The van der Waals surface area contributed by atoms with Gasteiger partial charge in [0.15, 0.2) is 0 Å². The molecule has 1 aromatic rings. The van der Waals surface area contributed by atoms with Crippen molar-refractivity contribution in [3.05, 3.63) is 38.3 Å². The Hall–Kier alpha value is -0.940. The molecular weight excluding hydrogens is 272 g/mol. The van der Waals surface area contributed by atoms with Crippen molar-refractivity contribution in [2.45, 2.75) is 20.4 Å². The van der Waals surface area contributed by atoms with E-state index in [-0.39, 0.29) is 10.6 Å². The van der Waals surface area contributed by atoms with Gasteiger partial charge in [0.1, 0.15) is 0 Å². The fourth-order valence-electron chi connectivity index (χ4n) is 1.52. The Kier molecular flexibility index (Phi) is 4.89. The molecule has 0 heterocycles. The highest BCUT2D eigenvalue weighted by molar-refractivity contribution is 9.10. The van der Waals surface area contributed by atoms with Gasteiger partial charge < -0.3 is 0 Å². The van der Waals surface area contributed by atoms with Crippen LogP contribution in [0.3, 0.4) is 0 Å². The van der Waals surface area contributed by atoms with Gasteiger partial charge in [0.05, 0.1) is 9.40 Å². The largest absolute Gasteiger partial charge is 0.300 e. The van der Waals surface area contributed by atoms with Crippen molar-refractivity contribution in [1.29, 1.82) is 0 Å². The van der Waals surface area contributed by atoms with E-state index >= 15 is 0 Å². The Morgan fingerprint density at radius 3 is 2.50 bits per heavy atom. The van der Waals surface area contributed by atoms with Gasteiger partial charge in [-0.15, -0.1) is 0 Å². The Morgan fingerprint density at radius 2 is 2.00 bits per heavy atom. The zero-order chi connectivity index (χ0) is 12.1. The highest BCUT2D eigenvalue weighted by Gasteiger charge is 2.15. The van der Waals surface area contributed by atoms with Crippen LogP contribution in [0.4, 0.5) is 5.69 Å². The predicted octanol–water partition coefficient (Wildman–Crippen LogP) is 3.20. The molecule has 0 saturated carbocycles. The standard InChI is InChI=1S/C11H15BrN2O2/c1-3-13(4-2)8-9-6-5-7-10(11(9)12)14(15)16/h5-7H,3-4,8H2,1-2H3. The highest BCUT2D eigenvalue weighted by atomic mass is 79.9. The summed E-state index contributed by atoms with van der Waals surface area (Å²) in [6.07, 6.45) is 0. The molecule has 0 N–H and O–H groups in total. The van der Waals surface area contributed by atoms with E-state index in [2.05, 4.69) is 34.7 Å². The summed E-state index contributed by atoms with van der Waals surface area (Å²) in [5.74, 6) is 0. The van der Waals surface area contributed by atoms with Crippen LogP contribution in [0.5, 0.6) is 0 Å². The Labute approximate surface area is 104 Å². The molecule has 0 amide bonds. The number of rotatable bonds is 5. The van der Waals surface area contributed by atoms with Gasteiger partial charge in [-0.2, -0.15) is 0 Å². The molecule has 1 aromatic carbocycles. The first kappa shape index (κ1) is 13.1. The minimum atomic E-state index is -0.365. The molecule has 0 aliphatic rings. The molecule has 5 heteroatoms. The predicted molar refractivity (Wildman–Crippen MR) is 67.4 cm³/mol. The number of nitrogens with zero attached hydrogens (tertiary/aromatic N) is 2. The number of nitro groups is 1. The van der Waals surface area contributed by atoms with E-state index < -0.39 is 0 Å². The summed E-state index contributed by atoms with van der Waals surface area (Å²) in [6.45, 7) is 6.76. The summed E-state index contributed by atoms with van der Waals surface area (Å²) in [6, 6.07) is 5.15. The normalized spacial score (nSPS) is 10.8. The number of hydrogen-bond donors (Lipinski definition) is 0. The molecule has 0 fully saturated rings. The summed E-state index contributed by atoms with van der Waals surface area (Å²) in [7, 11) is 0. The van der Waals surface area contributed by atoms with Crippen LogP contribution in [-0.4, -0.2) is 22.9 Å². The van der Waals surface area contributed by atoms with Crippen molar-refractivity contribution in [3.8, 4) is 0 Å². The van der Waals surface area contributed by atoms with Crippen molar-refractivity contribution in [2.24, 2.45) is 0 Å². The minimum Gasteiger partial charge on any atom is -0.300 e. The van der Waals surface area contributed by atoms with Gasteiger partial charge in [0.2, 0.25) is 0 Å². The number of hydrogen-bond acceptors (Lipinski definition) is 3. The lowest BCUT2D eigenvalue weighted by molar-refractivity contribution is -0.385. The fourth-order valence-corrected chi connectivity index (χ4v) is 2.05. The van der Waals surface area contributed by atoms with Crippen molar-refractivity contribution in [2.75, 3.05) is 13.1 Å². The van der Waals surface area contributed by atoms with Gasteiger partial charge in [-0.1, -0.05) is 26.0 Å². The second kappa shape index (κ2) is 5.96. The molecule has 0 bridgehead atoms. The lowest BCUT2D eigenvalue weighted by Gasteiger charge is -2.18. The van der Waals surface area contributed by atoms with E-state index in [1.807, 2.05) is 6.07 Å². The van der Waals surface area contributed by atoms with E-state index in [1.165, 1.54) is 6.07 Å². The van der Waals surface area contributed by atoms with Gasteiger partial charge in [-0.25, -0.2) is 0 Å². The molecule has 0 aromatic heterocycles. The van der Waals surface area contributed by atoms with Gasteiger partial charge in [-0.3, -0.25) is 15.0 Å². The van der Waals surface area contributed by atoms with Crippen molar-refractivity contribution < 1.29 is 4.92 Å². The van der Waals surface area contributed by atoms with E-state index in [0.29, 0.717) is 4.47 Å². The minimum absolute atomic E-state index is 0.129.